The van der Waals surface area contributed by atoms with E-state index in [1.54, 1.807) is 48.8 Å². The van der Waals surface area contributed by atoms with E-state index in [1.807, 2.05) is 35.2 Å². The van der Waals surface area contributed by atoms with Crippen molar-refractivity contribution in [1.29, 1.82) is 0 Å². The quantitative estimate of drug-likeness (QED) is 0.573. The van der Waals surface area contributed by atoms with Gasteiger partial charge in [-0.15, -0.1) is 0 Å². The predicted molar refractivity (Wildman–Crippen MR) is 130 cm³/mol. The summed E-state index contributed by atoms with van der Waals surface area (Å²) < 4.78 is 13.2. The SMILES string of the molecule is COc1cc(OC)cc(C(=O)N2CCN(c3c(C)n(-c4ccccc4)c(=O)n(C)c3=O)CC2)c1. The van der Waals surface area contributed by atoms with Crippen LogP contribution in [0.3, 0.4) is 0 Å². The zero-order chi connectivity index (χ0) is 24.4. The van der Waals surface area contributed by atoms with Crippen LogP contribution in [-0.4, -0.2) is 60.3 Å². The number of ether oxygens (including phenoxy) is 2. The highest BCUT2D eigenvalue weighted by Gasteiger charge is 2.27. The lowest BCUT2D eigenvalue weighted by Crippen LogP contribution is -2.52. The van der Waals surface area contributed by atoms with Gasteiger partial charge in [0.1, 0.15) is 17.2 Å². The Hall–Kier alpha value is -4.01. The van der Waals surface area contributed by atoms with E-state index in [0.29, 0.717) is 60.3 Å². The minimum atomic E-state index is -0.391. The van der Waals surface area contributed by atoms with Gasteiger partial charge < -0.3 is 19.3 Å². The van der Waals surface area contributed by atoms with E-state index in [0.717, 1.165) is 4.57 Å². The van der Waals surface area contributed by atoms with Crippen molar-refractivity contribution >= 4 is 11.6 Å². The van der Waals surface area contributed by atoms with Crippen LogP contribution in [0.25, 0.3) is 5.69 Å². The third-order valence-corrected chi connectivity index (χ3v) is 6.16. The number of para-hydroxylation sites is 1. The van der Waals surface area contributed by atoms with Gasteiger partial charge in [-0.05, 0) is 31.2 Å². The molecule has 1 aliphatic heterocycles. The van der Waals surface area contributed by atoms with Gasteiger partial charge in [0.2, 0.25) is 0 Å². The molecule has 1 saturated heterocycles. The molecule has 4 rings (SSSR count). The monoisotopic (exact) mass is 464 g/mol. The molecule has 3 aromatic rings. The first-order valence-corrected chi connectivity index (χ1v) is 11.0. The van der Waals surface area contributed by atoms with E-state index in [9.17, 15) is 14.4 Å². The number of amides is 1. The lowest BCUT2D eigenvalue weighted by atomic mass is 10.1. The maximum Gasteiger partial charge on any atom is 0.335 e. The molecule has 0 atom stereocenters. The highest BCUT2D eigenvalue weighted by molar-refractivity contribution is 5.95. The summed E-state index contributed by atoms with van der Waals surface area (Å²) in [7, 11) is 4.57. The number of nitrogens with zero attached hydrogens (tertiary/aromatic N) is 4. The zero-order valence-electron chi connectivity index (χ0n) is 19.8. The number of carbonyl (C=O) groups is 1. The number of aromatic nitrogens is 2. The van der Waals surface area contributed by atoms with Gasteiger partial charge in [-0.25, -0.2) is 4.79 Å². The Morgan fingerprint density at radius 3 is 2.03 bits per heavy atom. The maximum atomic E-state index is 13.1. The first kappa shape index (κ1) is 23.2. The smallest absolute Gasteiger partial charge is 0.335 e. The Balaban J connectivity index is 1.61. The lowest BCUT2D eigenvalue weighted by Gasteiger charge is -2.36. The summed E-state index contributed by atoms with van der Waals surface area (Å²) in [4.78, 5) is 42.8. The maximum absolute atomic E-state index is 13.1. The van der Waals surface area contributed by atoms with Crippen LogP contribution >= 0.6 is 0 Å². The molecule has 2 aromatic carbocycles. The van der Waals surface area contributed by atoms with Crippen LogP contribution in [0.1, 0.15) is 16.1 Å². The molecular formula is C25H28N4O5. The van der Waals surface area contributed by atoms with Crippen LogP contribution in [0.5, 0.6) is 11.5 Å². The molecule has 0 radical (unpaired) electrons. The highest BCUT2D eigenvalue weighted by Crippen LogP contribution is 2.24. The van der Waals surface area contributed by atoms with Crippen LogP contribution in [0.4, 0.5) is 5.69 Å². The van der Waals surface area contributed by atoms with Crippen LogP contribution in [0.2, 0.25) is 0 Å². The van der Waals surface area contributed by atoms with Crippen molar-refractivity contribution in [2.75, 3.05) is 45.3 Å². The summed E-state index contributed by atoms with van der Waals surface area (Å²) in [6.07, 6.45) is 0. The van der Waals surface area contributed by atoms with E-state index >= 15 is 0 Å². The number of rotatable bonds is 5. The Labute approximate surface area is 197 Å². The molecule has 0 bridgehead atoms. The first-order valence-electron chi connectivity index (χ1n) is 11.0. The van der Waals surface area contributed by atoms with Crippen molar-refractivity contribution in [2.24, 2.45) is 7.05 Å². The third-order valence-electron chi connectivity index (χ3n) is 6.16. The van der Waals surface area contributed by atoms with E-state index in [2.05, 4.69) is 0 Å². The van der Waals surface area contributed by atoms with Gasteiger partial charge >= 0.3 is 5.69 Å². The normalized spacial score (nSPS) is 13.6. The number of methoxy groups -OCH3 is 2. The van der Waals surface area contributed by atoms with Gasteiger partial charge in [0, 0.05) is 44.9 Å². The molecule has 0 unspecified atom stereocenters. The van der Waals surface area contributed by atoms with Crippen LogP contribution in [-0.2, 0) is 7.05 Å². The summed E-state index contributed by atoms with van der Waals surface area (Å²) in [5.74, 6) is 0.961. The third kappa shape index (κ3) is 4.16. The Kier molecular flexibility index (Phi) is 6.45. The summed E-state index contributed by atoms with van der Waals surface area (Å²) in [6, 6.07) is 14.3. The van der Waals surface area contributed by atoms with Crippen molar-refractivity contribution in [3.05, 3.63) is 80.6 Å². The number of anilines is 1. The molecule has 9 heteroatoms. The number of benzene rings is 2. The topological polar surface area (TPSA) is 86.0 Å². The summed E-state index contributed by atoms with van der Waals surface area (Å²) in [6.45, 7) is 3.59. The molecule has 34 heavy (non-hydrogen) atoms. The molecule has 0 N–H and O–H groups in total. The molecule has 178 valence electrons. The molecule has 9 nitrogen and oxygen atoms in total. The molecule has 0 aliphatic carbocycles. The fourth-order valence-corrected chi connectivity index (χ4v) is 4.29. The number of carbonyl (C=O) groups excluding carboxylic acids is 1. The molecule has 1 amide bonds. The summed E-state index contributed by atoms with van der Waals surface area (Å²) in [5, 5.41) is 0. The van der Waals surface area contributed by atoms with Gasteiger partial charge in [0.15, 0.2) is 0 Å². The minimum absolute atomic E-state index is 0.129. The summed E-state index contributed by atoms with van der Waals surface area (Å²) >= 11 is 0. The highest BCUT2D eigenvalue weighted by atomic mass is 16.5. The number of hydrogen-bond donors (Lipinski definition) is 0. The van der Waals surface area contributed by atoms with E-state index < -0.39 is 5.69 Å². The molecule has 2 heterocycles. The Morgan fingerprint density at radius 1 is 0.882 bits per heavy atom. The fraction of sp³-hybridized carbons (Fsp3) is 0.320. The van der Waals surface area contributed by atoms with Crippen molar-refractivity contribution in [1.82, 2.24) is 14.0 Å². The van der Waals surface area contributed by atoms with E-state index in [-0.39, 0.29) is 11.5 Å². The number of hydrogen-bond acceptors (Lipinski definition) is 6. The predicted octanol–water partition coefficient (Wildman–Crippen LogP) is 1.82. The van der Waals surface area contributed by atoms with Gasteiger partial charge in [-0.1, -0.05) is 18.2 Å². The minimum Gasteiger partial charge on any atom is -0.497 e. The van der Waals surface area contributed by atoms with Crippen LogP contribution < -0.4 is 25.6 Å². The number of piperazine rings is 1. The second-order valence-electron chi connectivity index (χ2n) is 8.13. The van der Waals surface area contributed by atoms with Crippen LogP contribution in [0, 0.1) is 6.92 Å². The largest absolute Gasteiger partial charge is 0.497 e. The lowest BCUT2D eigenvalue weighted by molar-refractivity contribution is 0.0746. The Bertz CT molecular complexity index is 1300. The van der Waals surface area contributed by atoms with Gasteiger partial charge in [0.05, 0.1) is 25.6 Å². The van der Waals surface area contributed by atoms with Crippen LogP contribution in [0.15, 0.2) is 58.1 Å². The molecule has 1 aromatic heterocycles. The fourth-order valence-electron chi connectivity index (χ4n) is 4.29. The second kappa shape index (κ2) is 9.46. The van der Waals surface area contributed by atoms with Crippen molar-refractivity contribution in [3.8, 4) is 17.2 Å². The van der Waals surface area contributed by atoms with Crippen molar-refractivity contribution < 1.29 is 14.3 Å². The average Bonchev–Trinajstić information content (AvgIpc) is 2.87. The molecule has 0 spiro atoms. The average molecular weight is 465 g/mol. The standard InChI is InChI=1S/C25H28N4O5/c1-17-22(24(31)26(2)25(32)29(17)19-8-6-5-7-9-19)27-10-12-28(13-11-27)23(30)18-14-20(33-3)16-21(15-18)34-4/h5-9,14-16H,10-13H2,1-4H3. The van der Waals surface area contributed by atoms with Gasteiger partial charge in [-0.3, -0.25) is 18.7 Å². The first-order chi connectivity index (χ1) is 16.3. The zero-order valence-corrected chi connectivity index (χ0v) is 19.8. The van der Waals surface area contributed by atoms with Crippen molar-refractivity contribution in [3.63, 3.8) is 0 Å². The second-order valence-corrected chi connectivity index (χ2v) is 8.13. The van der Waals surface area contributed by atoms with Crippen molar-refractivity contribution in [2.45, 2.75) is 6.92 Å². The van der Waals surface area contributed by atoms with E-state index in [1.165, 1.54) is 7.05 Å². The molecular weight excluding hydrogens is 436 g/mol. The van der Waals surface area contributed by atoms with Gasteiger partial charge in [0.25, 0.3) is 11.5 Å². The molecule has 0 saturated carbocycles. The van der Waals surface area contributed by atoms with Gasteiger partial charge in [-0.2, -0.15) is 0 Å². The molecule has 1 aliphatic rings. The van der Waals surface area contributed by atoms with E-state index in [4.69, 9.17) is 9.47 Å². The molecule has 1 fully saturated rings. The Morgan fingerprint density at radius 2 is 1.47 bits per heavy atom. The summed E-state index contributed by atoms with van der Waals surface area (Å²) in [5.41, 5.74) is 1.50.